The molecule has 0 saturated heterocycles. The van der Waals surface area contributed by atoms with Gasteiger partial charge in [0.05, 0.1) is 5.69 Å². The van der Waals surface area contributed by atoms with Gasteiger partial charge in [-0.15, -0.1) is 0 Å². The van der Waals surface area contributed by atoms with Crippen LogP contribution in [0.1, 0.15) is 0 Å². The lowest BCUT2D eigenvalue weighted by atomic mass is 10.3. The molecule has 0 atom stereocenters. The number of benzene rings is 3. The maximum Gasteiger partial charge on any atom is 0.227 e. The highest BCUT2D eigenvalue weighted by Crippen LogP contribution is 2.43. The highest BCUT2D eigenvalue weighted by molar-refractivity contribution is 7.80. The Morgan fingerprint density at radius 1 is 0.833 bits per heavy atom. The van der Waals surface area contributed by atoms with Crippen molar-refractivity contribution in [2.45, 2.75) is 0 Å². The molecule has 3 aromatic rings. The van der Waals surface area contributed by atoms with Crippen LogP contribution in [0, 0.1) is 5.21 Å². The average Bonchev–Trinajstić information content (AvgIpc) is 2.63. The molecule has 0 spiro atoms. The summed E-state index contributed by atoms with van der Waals surface area (Å²) >= 11 is 0. The normalized spacial score (nSPS) is 11.1. The van der Waals surface area contributed by atoms with E-state index in [1.54, 1.807) is 36.4 Å². The predicted octanol–water partition coefficient (Wildman–Crippen LogP) is 3.72. The lowest BCUT2D eigenvalue weighted by Crippen LogP contribution is -2.21. The van der Waals surface area contributed by atoms with Gasteiger partial charge in [0.2, 0.25) is 7.29 Å². The summed E-state index contributed by atoms with van der Waals surface area (Å²) in [5.41, 5.74) is 0.547. The second-order valence-corrected chi connectivity index (χ2v) is 7.69. The summed E-state index contributed by atoms with van der Waals surface area (Å²) in [7, 11) is -3.15. The molecular formula is C18H16N2O3P-. The van der Waals surface area contributed by atoms with E-state index < -0.39 is 7.29 Å². The number of nitrogens with zero attached hydrogens (tertiary/aromatic N) is 1. The number of nitrogens with one attached hydrogen (secondary N) is 1. The zero-order valence-electron chi connectivity index (χ0n) is 12.7. The Bertz CT molecular complexity index is 811. The second kappa shape index (κ2) is 6.89. The summed E-state index contributed by atoms with van der Waals surface area (Å²) < 4.78 is 13.8. The van der Waals surface area contributed by atoms with Gasteiger partial charge in [0, 0.05) is 16.3 Å². The van der Waals surface area contributed by atoms with Crippen molar-refractivity contribution in [2.24, 2.45) is 0 Å². The molecule has 0 fully saturated rings. The van der Waals surface area contributed by atoms with E-state index in [2.05, 4.69) is 5.09 Å². The summed E-state index contributed by atoms with van der Waals surface area (Å²) in [4.78, 5) is 0. The van der Waals surface area contributed by atoms with Crippen LogP contribution in [0.4, 0.5) is 11.4 Å². The summed E-state index contributed by atoms with van der Waals surface area (Å²) in [5, 5.41) is 24.3. The Balaban J connectivity index is 2.07. The molecule has 0 heterocycles. The fourth-order valence-electron chi connectivity index (χ4n) is 2.43. The maximum absolute atomic E-state index is 13.8. The van der Waals surface area contributed by atoms with Crippen LogP contribution in [0.25, 0.3) is 0 Å². The Labute approximate surface area is 140 Å². The second-order valence-electron chi connectivity index (χ2n) is 5.22. The van der Waals surface area contributed by atoms with Crippen LogP contribution < -0.4 is 20.9 Å². The third-order valence-electron chi connectivity index (χ3n) is 3.59. The molecular weight excluding hydrogens is 323 g/mol. The first kappa shape index (κ1) is 16.3. The van der Waals surface area contributed by atoms with Crippen molar-refractivity contribution in [1.82, 2.24) is 0 Å². The number of hydrogen-bond acceptors (Lipinski definition) is 4. The molecule has 0 bridgehead atoms. The lowest BCUT2D eigenvalue weighted by Gasteiger charge is -2.25. The lowest BCUT2D eigenvalue weighted by molar-refractivity contribution is 0.296. The Morgan fingerprint density at radius 2 is 1.38 bits per heavy atom. The smallest absolute Gasteiger partial charge is 0.227 e. The van der Waals surface area contributed by atoms with E-state index in [0.29, 0.717) is 16.3 Å². The minimum absolute atomic E-state index is 0.0627. The minimum atomic E-state index is -3.15. The van der Waals surface area contributed by atoms with Gasteiger partial charge in [0.1, 0.15) is 0 Å². The summed E-state index contributed by atoms with van der Waals surface area (Å²) in [6, 6.07) is 24.5. The Morgan fingerprint density at radius 3 is 1.88 bits per heavy atom. The molecule has 0 saturated carbocycles. The molecule has 5 nitrogen and oxygen atoms in total. The van der Waals surface area contributed by atoms with Crippen molar-refractivity contribution in [2.75, 3.05) is 10.3 Å². The quantitative estimate of drug-likeness (QED) is 0.547. The van der Waals surface area contributed by atoms with Crippen molar-refractivity contribution in [3.63, 3.8) is 0 Å². The van der Waals surface area contributed by atoms with Crippen molar-refractivity contribution in [1.29, 1.82) is 0 Å². The molecule has 0 aromatic heterocycles. The first-order valence-corrected chi connectivity index (χ1v) is 9.06. The van der Waals surface area contributed by atoms with E-state index in [4.69, 9.17) is 5.21 Å². The first-order valence-electron chi connectivity index (χ1n) is 7.35. The molecule has 122 valence electrons. The third-order valence-corrected chi connectivity index (χ3v) is 6.22. The van der Waals surface area contributed by atoms with Crippen molar-refractivity contribution >= 4 is 29.3 Å². The van der Waals surface area contributed by atoms with Gasteiger partial charge in [-0.05, 0) is 42.5 Å². The summed E-state index contributed by atoms with van der Waals surface area (Å²) in [5.74, 6) is 0. The highest BCUT2D eigenvalue weighted by atomic mass is 31.2. The fourth-order valence-corrected chi connectivity index (χ4v) is 4.67. The molecule has 0 aliphatic heterocycles. The zero-order chi connectivity index (χ0) is 17.0. The van der Waals surface area contributed by atoms with Gasteiger partial charge < -0.3 is 15.5 Å². The molecule has 0 unspecified atom stereocenters. The van der Waals surface area contributed by atoms with Gasteiger partial charge in [-0.3, -0.25) is 9.77 Å². The van der Waals surface area contributed by atoms with E-state index >= 15 is 0 Å². The summed E-state index contributed by atoms with van der Waals surface area (Å²) in [6.45, 7) is 0. The van der Waals surface area contributed by atoms with Crippen LogP contribution in [-0.2, 0) is 4.57 Å². The van der Waals surface area contributed by atoms with Gasteiger partial charge in [-0.1, -0.05) is 42.5 Å². The average molecular weight is 339 g/mol. The SMILES string of the molecule is O=P(Nc1cccc(N([O-])O)c1)(c1ccccc1)c1ccccc1. The van der Waals surface area contributed by atoms with Gasteiger partial charge in [-0.2, -0.15) is 0 Å². The van der Waals surface area contributed by atoms with E-state index in [9.17, 15) is 9.77 Å². The van der Waals surface area contributed by atoms with Crippen LogP contribution in [0.3, 0.4) is 0 Å². The van der Waals surface area contributed by atoms with Gasteiger partial charge in [-0.25, -0.2) is 0 Å². The minimum Gasteiger partial charge on any atom is -0.733 e. The Hall–Kier alpha value is -2.59. The largest absolute Gasteiger partial charge is 0.733 e. The predicted molar refractivity (Wildman–Crippen MR) is 97.5 cm³/mol. The third kappa shape index (κ3) is 3.34. The van der Waals surface area contributed by atoms with Crippen molar-refractivity contribution < 1.29 is 9.77 Å². The van der Waals surface area contributed by atoms with Crippen molar-refractivity contribution in [3.8, 4) is 0 Å². The van der Waals surface area contributed by atoms with Crippen LogP contribution in [-0.4, -0.2) is 5.21 Å². The van der Waals surface area contributed by atoms with Crippen molar-refractivity contribution in [3.05, 3.63) is 90.1 Å². The molecule has 3 rings (SSSR count). The van der Waals surface area contributed by atoms with Crippen LogP contribution >= 0.6 is 7.29 Å². The molecule has 0 aliphatic carbocycles. The van der Waals surface area contributed by atoms with E-state index in [0.717, 1.165) is 0 Å². The topological polar surface area (TPSA) is 75.6 Å². The first-order chi connectivity index (χ1) is 11.6. The monoisotopic (exact) mass is 339 g/mol. The maximum atomic E-state index is 13.8. The van der Waals surface area contributed by atoms with Gasteiger partial charge in [0.15, 0.2) is 0 Å². The van der Waals surface area contributed by atoms with E-state index in [-0.39, 0.29) is 10.9 Å². The molecule has 0 aliphatic rings. The number of anilines is 2. The molecule has 3 aromatic carbocycles. The Kier molecular flexibility index (Phi) is 4.67. The molecule has 24 heavy (non-hydrogen) atoms. The number of rotatable bonds is 5. The van der Waals surface area contributed by atoms with E-state index in [1.165, 1.54) is 12.1 Å². The fraction of sp³-hybridized carbons (Fsp3) is 0. The van der Waals surface area contributed by atoms with E-state index in [1.807, 2.05) is 36.4 Å². The highest BCUT2D eigenvalue weighted by Gasteiger charge is 2.27. The van der Waals surface area contributed by atoms with Crippen LogP contribution in [0.5, 0.6) is 0 Å². The standard InChI is InChI=1S/C18H16N2O3P/c21-20(22)16-9-7-8-15(14-16)19-24(23,17-10-3-1-4-11-17)18-12-5-2-6-13-18/h1-14,21H,(H,19,23)/q-1. The molecule has 0 radical (unpaired) electrons. The van der Waals surface area contributed by atoms with Gasteiger partial charge >= 0.3 is 0 Å². The number of hydrogen-bond donors (Lipinski definition) is 2. The molecule has 2 N–H and O–H groups in total. The zero-order valence-corrected chi connectivity index (χ0v) is 13.6. The van der Waals surface area contributed by atoms with Crippen LogP contribution in [0.2, 0.25) is 0 Å². The summed E-state index contributed by atoms with van der Waals surface area (Å²) in [6.07, 6.45) is 0. The van der Waals surface area contributed by atoms with Gasteiger partial charge in [0.25, 0.3) is 0 Å². The molecule has 6 heteroatoms. The molecule has 0 amide bonds. The van der Waals surface area contributed by atoms with Crippen LogP contribution in [0.15, 0.2) is 84.9 Å².